The maximum atomic E-state index is 12.3. The van der Waals surface area contributed by atoms with Gasteiger partial charge in [0.1, 0.15) is 5.56 Å². The number of hydrogen-bond acceptors (Lipinski definition) is 8. The number of esters is 1. The molecule has 2 heterocycles. The van der Waals surface area contributed by atoms with Gasteiger partial charge in [-0.3, -0.25) is 14.2 Å². The Bertz CT molecular complexity index is 710. The average molecular weight is 310 g/mol. The molecule has 0 unspecified atom stereocenters. The molecule has 0 spiro atoms. The largest absolute Gasteiger partial charge is 0.464 e. The van der Waals surface area contributed by atoms with Crippen molar-refractivity contribution in [1.29, 1.82) is 0 Å². The summed E-state index contributed by atoms with van der Waals surface area (Å²) in [6.07, 6.45) is 1.48. The number of thioether (sulfide) groups is 1. The van der Waals surface area contributed by atoms with E-state index >= 15 is 0 Å². The van der Waals surface area contributed by atoms with Crippen LogP contribution in [0.3, 0.4) is 0 Å². The van der Waals surface area contributed by atoms with E-state index < -0.39 is 17.3 Å². The Morgan fingerprint density at radius 3 is 2.57 bits per heavy atom. The first-order valence-corrected chi connectivity index (χ1v) is 7.21. The summed E-state index contributed by atoms with van der Waals surface area (Å²) in [6, 6.07) is 0. The van der Waals surface area contributed by atoms with Crippen molar-refractivity contribution in [3.63, 3.8) is 0 Å². The molecular formula is C12H14N4O4S. The first-order valence-electron chi connectivity index (χ1n) is 5.98. The number of Topliss-reactive ketones (excluding diaryl/α,β-unsaturated/α-hetero) is 1. The molecule has 0 aromatic carbocycles. The number of nitrogens with zero attached hydrogens (tertiary/aromatic N) is 4. The molecule has 0 bridgehead atoms. The summed E-state index contributed by atoms with van der Waals surface area (Å²) in [4.78, 5) is 40.5. The van der Waals surface area contributed by atoms with E-state index in [0.717, 1.165) is 0 Å². The third-order valence-electron chi connectivity index (χ3n) is 3.02. The number of carbonyl (C=O) groups is 2. The van der Waals surface area contributed by atoms with Crippen LogP contribution in [0, 0.1) is 0 Å². The number of ether oxygens (including phenoxy) is 1. The number of carbonyl (C=O) groups excluding carboxylic acids is 2. The molecule has 0 aliphatic carbocycles. The van der Waals surface area contributed by atoms with Crippen LogP contribution in [0.1, 0.15) is 16.8 Å². The molecule has 1 aliphatic heterocycles. The quantitative estimate of drug-likeness (QED) is 0.433. The summed E-state index contributed by atoms with van der Waals surface area (Å²) >= 11 is 1.28. The normalized spacial score (nSPS) is 14.4. The van der Waals surface area contributed by atoms with Gasteiger partial charge in [0.2, 0.25) is 0 Å². The topological polar surface area (TPSA) is 93.9 Å². The number of ketones is 1. The summed E-state index contributed by atoms with van der Waals surface area (Å²) in [5.41, 5.74) is -0.585. The molecule has 1 aromatic rings. The molecule has 0 radical (unpaired) electrons. The van der Waals surface area contributed by atoms with Crippen molar-refractivity contribution in [3.05, 3.63) is 15.9 Å². The highest BCUT2D eigenvalue weighted by atomic mass is 32.2. The number of rotatable bonds is 2. The minimum absolute atomic E-state index is 0.0595. The molecule has 0 N–H and O–H groups in total. The average Bonchev–Trinajstić information content (AvgIpc) is 2.59. The summed E-state index contributed by atoms with van der Waals surface area (Å²) in [6.45, 7) is 0. The summed E-state index contributed by atoms with van der Waals surface area (Å²) in [5, 5.41) is 5.73. The van der Waals surface area contributed by atoms with Crippen molar-refractivity contribution in [3.8, 4) is 0 Å². The SMILES string of the molecule is COC(=O)C1=NN(C)c2nc(SC)n(C)c(=O)c2C(=O)C1. The molecule has 0 amide bonds. The van der Waals surface area contributed by atoms with E-state index in [1.54, 1.807) is 13.3 Å². The zero-order valence-corrected chi connectivity index (χ0v) is 12.9. The van der Waals surface area contributed by atoms with Crippen molar-refractivity contribution >= 4 is 35.0 Å². The Labute approximate surface area is 124 Å². The highest BCUT2D eigenvalue weighted by Gasteiger charge is 2.30. The van der Waals surface area contributed by atoms with Gasteiger partial charge in [-0.2, -0.15) is 5.10 Å². The lowest BCUT2D eigenvalue weighted by Gasteiger charge is -2.15. The number of methoxy groups -OCH3 is 1. The highest BCUT2D eigenvalue weighted by Crippen LogP contribution is 2.22. The second-order valence-corrected chi connectivity index (χ2v) is 5.10. The zero-order valence-electron chi connectivity index (χ0n) is 12.0. The lowest BCUT2D eigenvalue weighted by atomic mass is 10.1. The van der Waals surface area contributed by atoms with Gasteiger partial charge in [-0.1, -0.05) is 11.8 Å². The summed E-state index contributed by atoms with van der Waals surface area (Å²) in [7, 11) is 4.27. The molecule has 0 atom stereocenters. The molecule has 0 saturated heterocycles. The number of aromatic nitrogens is 2. The molecule has 2 rings (SSSR count). The molecule has 0 fully saturated rings. The second kappa shape index (κ2) is 5.68. The van der Waals surface area contributed by atoms with E-state index in [-0.39, 0.29) is 23.5 Å². The van der Waals surface area contributed by atoms with Crippen LogP contribution in [0.2, 0.25) is 0 Å². The van der Waals surface area contributed by atoms with Gasteiger partial charge in [0.25, 0.3) is 5.56 Å². The van der Waals surface area contributed by atoms with Gasteiger partial charge in [-0.05, 0) is 6.26 Å². The molecule has 9 heteroatoms. The Hall–Kier alpha value is -2.16. The van der Waals surface area contributed by atoms with Crippen molar-refractivity contribution in [1.82, 2.24) is 9.55 Å². The van der Waals surface area contributed by atoms with Gasteiger partial charge in [-0.25, -0.2) is 14.8 Å². The zero-order chi connectivity index (χ0) is 15.7. The smallest absolute Gasteiger partial charge is 0.354 e. The second-order valence-electron chi connectivity index (χ2n) is 4.32. The van der Waals surface area contributed by atoms with E-state index in [4.69, 9.17) is 0 Å². The van der Waals surface area contributed by atoms with Crippen LogP contribution in [-0.2, 0) is 16.6 Å². The first-order chi connectivity index (χ1) is 9.90. The lowest BCUT2D eigenvalue weighted by Crippen LogP contribution is -2.29. The predicted molar refractivity (Wildman–Crippen MR) is 78.1 cm³/mol. The molecule has 112 valence electrons. The van der Waals surface area contributed by atoms with Gasteiger partial charge < -0.3 is 4.74 Å². The van der Waals surface area contributed by atoms with Crippen LogP contribution in [0.5, 0.6) is 0 Å². The maximum Gasteiger partial charge on any atom is 0.354 e. The predicted octanol–water partition coefficient (Wildman–Crippen LogP) is 0.0538. The third kappa shape index (κ3) is 2.56. The molecule has 8 nitrogen and oxygen atoms in total. The van der Waals surface area contributed by atoms with E-state index in [2.05, 4.69) is 14.8 Å². The lowest BCUT2D eigenvalue weighted by molar-refractivity contribution is -0.132. The van der Waals surface area contributed by atoms with Crippen LogP contribution in [0.25, 0.3) is 0 Å². The van der Waals surface area contributed by atoms with Crippen molar-refractivity contribution in [2.45, 2.75) is 11.6 Å². The van der Waals surface area contributed by atoms with Crippen molar-refractivity contribution in [2.24, 2.45) is 12.1 Å². The highest BCUT2D eigenvalue weighted by molar-refractivity contribution is 7.98. The number of hydrazone groups is 1. The van der Waals surface area contributed by atoms with Crippen molar-refractivity contribution < 1.29 is 14.3 Å². The minimum Gasteiger partial charge on any atom is -0.464 e. The molecule has 0 saturated carbocycles. The first kappa shape index (κ1) is 15.2. The van der Waals surface area contributed by atoms with Gasteiger partial charge in [0.05, 0.1) is 13.5 Å². The van der Waals surface area contributed by atoms with E-state index in [1.165, 1.54) is 35.5 Å². The van der Waals surface area contributed by atoms with Gasteiger partial charge in [0.15, 0.2) is 22.5 Å². The molecular weight excluding hydrogens is 296 g/mol. The standard InChI is InChI=1S/C12H14N4O4S/c1-15-10(18)8-7(17)5-6(11(19)20-3)14-16(2)9(8)13-12(15)21-4/h5H2,1-4H3. The minimum atomic E-state index is -0.704. The third-order valence-corrected chi connectivity index (χ3v) is 3.75. The molecule has 21 heavy (non-hydrogen) atoms. The van der Waals surface area contributed by atoms with E-state index in [9.17, 15) is 14.4 Å². The Kier molecular flexibility index (Phi) is 4.12. The monoisotopic (exact) mass is 310 g/mol. The number of hydrogen-bond donors (Lipinski definition) is 0. The fraction of sp³-hybridized carbons (Fsp3) is 0.417. The van der Waals surface area contributed by atoms with Crippen molar-refractivity contribution in [2.75, 3.05) is 25.4 Å². The number of fused-ring (bicyclic) bond motifs is 1. The van der Waals surface area contributed by atoms with E-state index in [1.807, 2.05) is 0 Å². The van der Waals surface area contributed by atoms with Gasteiger partial charge in [-0.15, -0.1) is 0 Å². The van der Waals surface area contributed by atoms with Crippen LogP contribution in [-0.4, -0.2) is 47.4 Å². The fourth-order valence-electron chi connectivity index (χ4n) is 1.97. The molecule has 1 aromatic heterocycles. The van der Waals surface area contributed by atoms with Crippen LogP contribution < -0.4 is 10.6 Å². The van der Waals surface area contributed by atoms with Crippen LogP contribution in [0.15, 0.2) is 15.1 Å². The molecule has 1 aliphatic rings. The Morgan fingerprint density at radius 2 is 2.00 bits per heavy atom. The fourth-order valence-corrected chi connectivity index (χ4v) is 2.50. The van der Waals surface area contributed by atoms with Crippen LogP contribution in [0.4, 0.5) is 5.82 Å². The summed E-state index contributed by atoms with van der Waals surface area (Å²) < 4.78 is 5.89. The summed E-state index contributed by atoms with van der Waals surface area (Å²) in [5.74, 6) is -1.06. The number of anilines is 1. The van der Waals surface area contributed by atoms with Crippen LogP contribution >= 0.6 is 11.8 Å². The maximum absolute atomic E-state index is 12.3. The van der Waals surface area contributed by atoms with Gasteiger partial charge >= 0.3 is 5.97 Å². The van der Waals surface area contributed by atoms with E-state index in [0.29, 0.717) is 5.16 Å². The van der Waals surface area contributed by atoms with Gasteiger partial charge in [0, 0.05) is 14.1 Å². The Balaban J connectivity index is 2.66. The Morgan fingerprint density at radius 1 is 1.33 bits per heavy atom.